The first-order valence-electron chi connectivity index (χ1n) is 9.45. The number of amides is 1. The number of hydrogen-bond donors (Lipinski definition) is 3. The third kappa shape index (κ3) is 4.78. The van der Waals surface area contributed by atoms with E-state index in [4.69, 9.17) is 4.84 Å². The number of halogens is 1. The van der Waals surface area contributed by atoms with Crippen LogP contribution >= 0.6 is 0 Å². The summed E-state index contributed by atoms with van der Waals surface area (Å²) in [6, 6.07) is 2.22. The van der Waals surface area contributed by atoms with E-state index >= 15 is 0 Å². The first kappa shape index (κ1) is 18.8. The molecular weight excluding hydrogens is 339 g/mol. The van der Waals surface area contributed by atoms with Gasteiger partial charge in [0.25, 0.3) is 0 Å². The largest absolute Gasteiger partial charge is 0.508 e. The van der Waals surface area contributed by atoms with Crippen molar-refractivity contribution in [2.75, 3.05) is 19.6 Å². The molecule has 0 bridgehead atoms. The van der Waals surface area contributed by atoms with Gasteiger partial charge in [0.15, 0.2) is 11.6 Å². The molecule has 0 unspecified atom stereocenters. The summed E-state index contributed by atoms with van der Waals surface area (Å²) < 4.78 is 13.6. The molecule has 3 rings (SSSR count). The van der Waals surface area contributed by atoms with Crippen LogP contribution in [0.15, 0.2) is 12.1 Å². The molecule has 3 N–H and O–H groups in total. The maximum atomic E-state index is 13.6. The second-order valence-corrected chi connectivity index (χ2v) is 7.33. The van der Waals surface area contributed by atoms with Crippen molar-refractivity contribution in [1.29, 1.82) is 0 Å². The van der Waals surface area contributed by atoms with Gasteiger partial charge in [0.1, 0.15) is 5.75 Å². The van der Waals surface area contributed by atoms with Gasteiger partial charge < -0.3 is 20.4 Å². The minimum absolute atomic E-state index is 0.0322. The Morgan fingerprint density at radius 2 is 1.81 bits per heavy atom. The van der Waals surface area contributed by atoms with Gasteiger partial charge in [-0.2, -0.15) is 0 Å². The minimum Gasteiger partial charge on any atom is -0.508 e. The number of phenolic OH excluding ortho intramolecular Hbond substituents is 2. The Kier molecular flexibility index (Phi) is 6.19. The van der Waals surface area contributed by atoms with Crippen molar-refractivity contribution >= 4 is 6.09 Å². The summed E-state index contributed by atoms with van der Waals surface area (Å²) in [5.41, 5.74) is 0.488. The molecule has 1 aliphatic carbocycles. The van der Waals surface area contributed by atoms with Crippen LogP contribution in [0.25, 0.3) is 0 Å². The van der Waals surface area contributed by atoms with Crippen molar-refractivity contribution in [1.82, 2.24) is 10.4 Å². The fourth-order valence-corrected chi connectivity index (χ4v) is 3.92. The van der Waals surface area contributed by atoms with Gasteiger partial charge in [-0.3, -0.25) is 0 Å². The Morgan fingerprint density at radius 1 is 1.12 bits per heavy atom. The Balaban J connectivity index is 1.43. The molecule has 0 aromatic heterocycles. The molecule has 2 aliphatic rings. The maximum Gasteiger partial charge on any atom is 0.426 e. The van der Waals surface area contributed by atoms with E-state index in [1.54, 1.807) is 5.06 Å². The van der Waals surface area contributed by atoms with E-state index in [1.165, 1.54) is 38.2 Å². The van der Waals surface area contributed by atoms with Crippen LogP contribution in [0.4, 0.5) is 9.18 Å². The lowest BCUT2D eigenvalue weighted by molar-refractivity contribution is -0.114. The maximum absolute atomic E-state index is 13.6. The van der Waals surface area contributed by atoms with Crippen LogP contribution < -0.4 is 5.32 Å². The topological polar surface area (TPSA) is 82.0 Å². The molecule has 0 atom stereocenters. The molecule has 2 fully saturated rings. The van der Waals surface area contributed by atoms with Gasteiger partial charge in [0, 0.05) is 31.3 Å². The van der Waals surface area contributed by atoms with E-state index in [0.29, 0.717) is 44.0 Å². The minimum atomic E-state index is -0.737. The van der Waals surface area contributed by atoms with Crippen molar-refractivity contribution in [3.05, 3.63) is 23.5 Å². The number of phenols is 2. The smallest absolute Gasteiger partial charge is 0.426 e. The van der Waals surface area contributed by atoms with Gasteiger partial charge >= 0.3 is 6.09 Å². The van der Waals surface area contributed by atoms with E-state index in [-0.39, 0.29) is 11.7 Å². The number of carbonyl (C=O) groups excluding carboxylic acids is 1. The molecule has 1 heterocycles. The number of hydroxylamine groups is 2. The molecule has 1 aliphatic heterocycles. The van der Waals surface area contributed by atoms with Crippen LogP contribution in [-0.4, -0.2) is 41.0 Å². The number of benzene rings is 1. The van der Waals surface area contributed by atoms with Crippen LogP contribution in [0.5, 0.6) is 11.5 Å². The van der Waals surface area contributed by atoms with Crippen molar-refractivity contribution < 1.29 is 24.2 Å². The van der Waals surface area contributed by atoms with Crippen LogP contribution in [0.2, 0.25) is 0 Å². The molecule has 0 radical (unpaired) electrons. The van der Waals surface area contributed by atoms with Gasteiger partial charge in [-0.15, -0.1) is 5.06 Å². The summed E-state index contributed by atoms with van der Waals surface area (Å²) in [5.74, 6) is -0.877. The van der Waals surface area contributed by atoms with Crippen molar-refractivity contribution in [3.63, 3.8) is 0 Å². The third-order valence-corrected chi connectivity index (χ3v) is 5.46. The van der Waals surface area contributed by atoms with Crippen LogP contribution in [0.1, 0.15) is 56.4 Å². The summed E-state index contributed by atoms with van der Waals surface area (Å²) in [6.07, 6.45) is 6.93. The van der Waals surface area contributed by atoms with Gasteiger partial charge in [0.2, 0.25) is 0 Å². The molecule has 1 saturated heterocycles. The van der Waals surface area contributed by atoms with Crippen molar-refractivity contribution in [3.8, 4) is 11.5 Å². The van der Waals surface area contributed by atoms with Gasteiger partial charge in [-0.05, 0) is 43.6 Å². The molecule has 1 aromatic carbocycles. The highest BCUT2D eigenvalue weighted by atomic mass is 19.1. The molecular formula is C19H27FN2O4. The first-order chi connectivity index (χ1) is 12.5. The molecule has 1 amide bonds. The number of carbonyl (C=O) groups is 1. The normalized spacial score (nSPS) is 20.0. The Labute approximate surface area is 152 Å². The second-order valence-electron chi connectivity index (χ2n) is 7.33. The monoisotopic (exact) mass is 366 g/mol. The predicted molar refractivity (Wildman–Crippen MR) is 94.3 cm³/mol. The lowest BCUT2D eigenvalue weighted by Gasteiger charge is -2.31. The Hall–Kier alpha value is -2.02. The number of hydrogen-bond acceptors (Lipinski definition) is 5. The first-order valence-corrected chi connectivity index (χ1v) is 9.45. The lowest BCUT2D eigenvalue weighted by Crippen LogP contribution is -2.40. The highest BCUT2D eigenvalue weighted by Crippen LogP contribution is 2.36. The summed E-state index contributed by atoms with van der Waals surface area (Å²) in [4.78, 5) is 17.3. The summed E-state index contributed by atoms with van der Waals surface area (Å²) >= 11 is 0. The second kappa shape index (κ2) is 8.58. The SMILES string of the molecule is O=C(NCC1CCCCC1)ON1CCC(c2cc(F)c(O)cc2O)CC1. The van der Waals surface area contributed by atoms with Crippen molar-refractivity contribution in [2.24, 2.45) is 5.92 Å². The molecule has 26 heavy (non-hydrogen) atoms. The highest BCUT2D eigenvalue weighted by Gasteiger charge is 2.26. The van der Waals surface area contributed by atoms with E-state index in [2.05, 4.69) is 5.32 Å². The van der Waals surface area contributed by atoms with Crippen LogP contribution in [0.3, 0.4) is 0 Å². The zero-order valence-corrected chi connectivity index (χ0v) is 14.9. The Morgan fingerprint density at radius 3 is 2.50 bits per heavy atom. The highest BCUT2D eigenvalue weighted by molar-refractivity contribution is 5.66. The summed E-state index contributed by atoms with van der Waals surface area (Å²) in [5, 5.41) is 23.7. The van der Waals surface area contributed by atoms with Gasteiger partial charge in [-0.25, -0.2) is 9.18 Å². The molecule has 0 spiro atoms. The number of rotatable bonds is 4. The molecule has 144 valence electrons. The standard InChI is InChI=1S/C19H27FN2O4/c20-16-10-15(17(23)11-18(16)24)14-6-8-22(9-7-14)26-19(25)21-12-13-4-2-1-3-5-13/h10-11,13-14,23-24H,1-9,12H2,(H,21,25). The summed E-state index contributed by atoms with van der Waals surface area (Å²) in [6.45, 7) is 1.70. The zero-order valence-electron chi connectivity index (χ0n) is 14.9. The Bertz CT molecular complexity index is 626. The fourth-order valence-electron chi connectivity index (χ4n) is 3.92. The average molecular weight is 366 g/mol. The molecule has 1 saturated carbocycles. The van der Waals surface area contributed by atoms with Crippen molar-refractivity contribution in [2.45, 2.75) is 50.9 Å². The third-order valence-electron chi connectivity index (χ3n) is 5.46. The average Bonchev–Trinajstić information content (AvgIpc) is 2.65. The predicted octanol–water partition coefficient (Wildman–Crippen LogP) is 3.64. The van der Waals surface area contributed by atoms with Gasteiger partial charge in [-0.1, -0.05) is 19.3 Å². The lowest BCUT2D eigenvalue weighted by atomic mass is 9.89. The quantitative estimate of drug-likeness (QED) is 0.758. The van der Waals surface area contributed by atoms with E-state index in [9.17, 15) is 19.4 Å². The number of nitrogens with zero attached hydrogens (tertiary/aromatic N) is 1. The molecule has 7 heteroatoms. The summed E-state index contributed by atoms with van der Waals surface area (Å²) in [7, 11) is 0. The number of aromatic hydroxyl groups is 2. The number of nitrogens with one attached hydrogen (secondary N) is 1. The zero-order chi connectivity index (χ0) is 18.5. The molecule has 1 aromatic rings. The number of piperidine rings is 1. The fraction of sp³-hybridized carbons (Fsp3) is 0.632. The van der Waals surface area contributed by atoms with Crippen LogP contribution in [0, 0.1) is 11.7 Å². The van der Waals surface area contributed by atoms with Gasteiger partial charge in [0.05, 0.1) is 0 Å². The molecule has 6 nitrogen and oxygen atoms in total. The van der Waals surface area contributed by atoms with E-state index in [1.807, 2.05) is 0 Å². The van der Waals surface area contributed by atoms with Crippen LogP contribution in [-0.2, 0) is 4.84 Å². The van der Waals surface area contributed by atoms with E-state index < -0.39 is 17.7 Å². The van der Waals surface area contributed by atoms with E-state index in [0.717, 1.165) is 6.07 Å².